The molecule has 1 aliphatic carbocycles. The molecule has 0 spiro atoms. The van der Waals surface area contributed by atoms with Crippen molar-refractivity contribution in [2.45, 2.75) is 65.0 Å². The number of aryl methyl sites for hydroxylation is 1. The van der Waals surface area contributed by atoms with E-state index in [0.717, 1.165) is 18.5 Å². The minimum absolute atomic E-state index is 0.242. The Morgan fingerprint density at radius 3 is 2.60 bits per heavy atom. The summed E-state index contributed by atoms with van der Waals surface area (Å²) < 4.78 is 7.33. The van der Waals surface area contributed by atoms with Crippen LogP contribution in [0.4, 0.5) is 4.79 Å². The van der Waals surface area contributed by atoms with Gasteiger partial charge in [-0.05, 0) is 90.8 Å². The van der Waals surface area contributed by atoms with Crippen molar-refractivity contribution in [1.29, 1.82) is 0 Å². The molecule has 0 radical (unpaired) electrons. The molecule has 3 rings (SSSR count). The lowest BCUT2D eigenvalue weighted by atomic mass is 9.77. The van der Waals surface area contributed by atoms with Crippen LogP contribution in [0.2, 0.25) is 0 Å². The molecule has 1 atom stereocenters. The van der Waals surface area contributed by atoms with Crippen molar-refractivity contribution in [2.24, 2.45) is 11.8 Å². The Kier molecular flexibility index (Phi) is 7.24. The molecule has 1 saturated carbocycles. The minimum Gasteiger partial charge on any atom is -0.392 e. The fourth-order valence-corrected chi connectivity index (χ4v) is 5.48. The van der Waals surface area contributed by atoms with Gasteiger partial charge in [-0.2, -0.15) is 5.10 Å². The van der Waals surface area contributed by atoms with Crippen LogP contribution in [0.15, 0.2) is 23.6 Å². The summed E-state index contributed by atoms with van der Waals surface area (Å²) in [6, 6.07) is 6.69. The van der Waals surface area contributed by atoms with E-state index in [1.54, 1.807) is 4.68 Å². The molecule has 6 nitrogen and oxygen atoms in total. The highest BCUT2D eigenvalue weighted by molar-refractivity contribution is 7.10. The number of nitrogens with one attached hydrogen (secondary N) is 1. The van der Waals surface area contributed by atoms with Crippen molar-refractivity contribution in [2.75, 3.05) is 20.6 Å². The lowest BCUT2D eigenvalue weighted by Crippen LogP contribution is -2.36. The third kappa shape index (κ3) is 5.64. The molecule has 0 aromatic carbocycles. The van der Waals surface area contributed by atoms with Crippen LogP contribution in [0.1, 0.15) is 63.1 Å². The standard InChI is InChI=1S/C23H36N4O2S/c1-16-14-20(27(25-16)23(2,3)4)29-22(28)24-15-17-9-11-18(12-10-17)21(26(5)6)19-8-7-13-30-19/h7-8,13-14,17-18,21H,9-12,15H2,1-6H3,(H,24,28). The van der Waals surface area contributed by atoms with E-state index < -0.39 is 6.09 Å². The smallest absolute Gasteiger partial charge is 0.392 e. The number of thiophene rings is 1. The van der Waals surface area contributed by atoms with Crippen molar-refractivity contribution < 1.29 is 9.53 Å². The third-order valence-corrected chi connectivity index (χ3v) is 6.84. The molecule has 7 heteroatoms. The zero-order valence-corrected chi connectivity index (χ0v) is 20.0. The lowest BCUT2D eigenvalue weighted by Gasteiger charge is -2.36. The van der Waals surface area contributed by atoms with Crippen molar-refractivity contribution in [3.63, 3.8) is 0 Å². The van der Waals surface area contributed by atoms with Gasteiger partial charge < -0.3 is 15.0 Å². The molecule has 30 heavy (non-hydrogen) atoms. The zero-order valence-electron chi connectivity index (χ0n) is 19.1. The number of ether oxygens (including phenoxy) is 1. The number of amides is 1. The zero-order chi connectivity index (χ0) is 21.9. The Morgan fingerprint density at radius 1 is 1.33 bits per heavy atom. The summed E-state index contributed by atoms with van der Waals surface area (Å²) in [4.78, 5) is 16.2. The monoisotopic (exact) mass is 432 g/mol. The van der Waals surface area contributed by atoms with Crippen molar-refractivity contribution in [3.8, 4) is 5.88 Å². The second-order valence-corrected chi connectivity index (χ2v) is 10.7. The highest BCUT2D eigenvalue weighted by Gasteiger charge is 2.31. The molecule has 2 heterocycles. The molecule has 2 aromatic rings. The van der Waals surface area contributed by atoms with Crippen LogP contribution >= 0.6 is 11.3 Å². The SMILES string of the molecule is Cc1cc(OC(=O)NCC2CCC(C(c3cccs3)N(C)C)CC2)n(C(C)(C)C)n1. The molecular weight excluding hydrogens is 396 g/mol. The summed E-state index contributed by atoms with van der Waals surface area (Å²) in [5.74, 6) is 1.67. The fourth-order valence-electron chi connectivity index (χ4n) is 4.46. The average molecular weight is 433 g/mol. The van der Waals surface area contributed by atoms with Crippen molar-refractivity contribution in [3.05, 3.63) is 34.2 Å². The summed E-state index contributed by atoms with van der Waals surface area (Å²) >= 11 is 1.85. The first-order chi connectivity index (χ1) is 14.1. The summed E-state index contributed by atoms with van der Waals surface area (Å²) in [6.07, 6.45) is 4.27. The van der Waals surface area contributed by atoms with E-state index in [4.69, 9.17) is 4.74 Å². The van der Waals surface area contributed by atoms with Crippen molar-refractivity contribution in [1.82, 2.24) is 20.0 Å². The molecular formula is C23H36N4O2S. The Balaban J connectivity index is 1.49. The number of hydrogen-bond donors (Lipinski definition) is 1. The van der Waals surface area contributed by atoms with Crippen LogP contribution in [0.3, 0.4) is 0 Å². The van der Waals surface area contributed by atoms with E-state index in [1.165, 1.54) is 17.7 Å². The Labute approximate surface area is 184 Å². The normalized spacial score (nSPS) is 20.9. The second-order valence-electron chi connectivity index (χ2n) is 9.68. The number of rotatable bonds is 6. The molecule has 1 amide bonds. The van der Waals surface area contributed by atoms with Crippen LogP contribution < -0.4 is 10.1 Å². The quantitative estimate of drug-likeness (QED) is 0.681. The van der Waals surface area contributed by atoms with Crippen LogP contribution in [-0.4, -0.2) is 41.4 Å². The van der Waals surface area contributed by atoms with Gasteiger partial charge in [-0.15, -0.1) is 11.3 Å². The number of hydrogen-bond acceptors (Lipinski definition) is 5. The van der Waals surface area contributed by atoms with Gasteiger partial charge in [0.1, 0.15) is 0 Å². The third-order valence-electron chi connectivity index (χ3n) is 5.90. The summed E-state index contributed by atoms with van der Waals surface area (Å²) in [7, 11) is 4.36. The summed E-state index contributed by atoms with van der Waals surface area (Å²) in [6.45, 7) is 8.70. The molecule has 0 aliphatic heterocycles. The fraction of sp³-hybridized carbons (Fsp3) is 0.652. The Hall–Kier alpha value is -1.86. The molecule has 1 fully saturated rings. The number of aromatic nitrogens is 2. The molecule has 0 bridgehead atoms. The molecule has 166 valence electrons. The predicted octanol–water partition coefficient (Wildman–Crippen LogP) is 5.21. The van der Waals surface area contributed by atoms with E-state index in [9.17, 15) is 4.79 Å². The van der Waals surface area contributed by atoms with Gasteiger partial charge in [-0.3, -0.25) is 0 Å². The number of carbonyl (C=O) groups is 1. The Morgan fingerprint density at radius 2 is 2.03 bits per heavy atom. The van der Waals surface area contributed by atoms with Crippen molar-refractivity contribution >= 4 is 17.4 Å². The molecule has 1 unspecified atom stereocenters. The van der Waals surface area contributed by atoms with Crippen LogP contribution in [0.25, 0.3) is 0 Å². The highest BCUT2D eigenvalue weighted by Crippen LogP contribution is 2.40. The first-order valence-corrected chi connectivity index (χ1v) is 11.8. The minimum atomic E-state index is -0.396. The first-order valence-electron chi connectivity index (χ1n) is 10.9. The number of nitrogens with zero attached hydrogens (tertiary/aromatic N) is 3. The summed E-state index contributed by atoms with van der Waals surface area (Å²) in [5, 5.41) is 9.59. The van der Waals surface area contributed by atoms with Gasteiger partial charge >= 0.3 is 6.09 Å². The molecule has 1 N–H and O–H groups in total. The molecule has 0 saturated heterocycles. The summed E-state index contributed by atoms with van der Waals surface area (Å²) in [5.41, 5.74) is 0.598. The van der Waals surface area contributed by atoms with E-state index in [2.05, 4.69) is 46.9 Å². The Bertz CT molecular complexity index is 815. The predicted molar refractivity (Wildman–Crippen MR) is 122 cm³/mol. The topological polar surface area (TPSA) is 59.4 Å². The maximum atomic E-state index is 12.4. The van der Waals surface area contributed by atoms with Crippen LogP contribution in [0, 0.1) is 18.8 Å². The maximum Gasteiger partial charge on any atom is 0.413 e. The average Bonchev–Trinajstić information content (AvgIpc) is 3.30. The number of carbonyl (C=O) groups excluding carboxylic acids is 1. The van der Waals surface area contributed by atoms with E-state index in [1.807, 2.05) is 45.1 Å². The van der Waals surface area contributed by atoms with Gasteiger partial charge in [0, 0.05) is 23.5 Å². The van der Waals surface area contributed by atoms with Gasteiger partial charge in [0.2, 0.25) is 5.88 Å². The van der Waals surface area contributed by atoms with Gasteiger partial charge in [0.25, 0.3) is 0 Å². The largest absolute Gasteiger partial charge is 0.413 e. The lowest BCUT2D eigenvalue weighted by molar-refractivity contribution is 0.148. The van der Waals surface area contributed by atoms with E-state index in [0.29, 0.717) is 30.3 Å². The van der Waals surface area contributed by atoms with E-state index >= 15 is 0 Å². The van der Waals surface area contributed by atoms with Gasteiger partial charge in [0.15, 0.2) is 0 Å². The van der Waals surface area contributed by atoms with Crippen LogP contribution in [0.5, 0.6) is 5.88 Å². The maximum absolute atomic E-state index is 12.4. The first kappa shape index (κ1) is 22.8. The van der Waals surface area contributed by atoms with Gasteiger partial charge in [-0.1, -0.05) is 6.07 Å². The van der Waals surface area contributed by atoms with Gasteiger partial charge in [0.05, 0.1) is 11.2 Å². The second kappa shape index (κ2) is 9.52. The van der Waals surface area contributed by atoms with Crippen LogP contribution in [-0.2, 0) is 5.54 Å². The highest BCUT2D eigenvalue weighted by atomic mass is 32.1. The van der Waals surface area contributed by atoms with E-state index in [-0.39, 0.29) is 5.54 Å². The molecule has 2 aromatic heterocycles. The molecule has 1 aliphatic rings. The van der Waals surface area contributed by atoms with Gasteiger partial charge in [-0.25, -0.2) is 9.48 Å².